The topological polar surface area (TPSA) is 153 Å². The van der Waals surface area contributed by atoms with Crippen molar-refractivity contribution in [2.24, 2.45) is 11.5 Å². The Morgan fingerprint density at radius 2 is 1.45 bits per heavy atom. The first-order valence-electron chi connectivity index (χ1n) is 5.26. The zero-order chi connectivity index (χ0) is 15.3. The number of carboxylic acids is 1. The lowest BCUT2D eigenvalue weighted by Crippen LogP contribution is -2.17. The average Bonchev–Trinajstić information content (AvgIpc) is 2.35. The molecule has 8 heteroatoms. The van der Waals surface area contributed by atoms with Crippen molar-refractivity contribution in [3.8, 4) is 0 Å². The maximum atomic E-state index is 11.4. The number of nitrogens with two attached hydrogens (primary N) is 2. The normalized spacial score (nSPS) is 10.2. The fraction of sp³-hybridized carbons (Fsp3) is 0. The first-order valence-corrected chi connectivity index (χ1v) is 5.26. The molecule has 20 heavy (non-hydrogen) atoms. The standard InChI is InChI=1S/C12H11N3O5/c13-11(19)6-3-7(12(14)20)5-8(4-6)15-9(16)1-2-10(17)18/h1-5H,(H2,13,19)(H2,14,20)(H,15,16)(H,17,18)/b2-1+. The summed E-state index contributed by atoms with van der Waals surface area (Å²) in [5.74, 6) is -3.64. The minimum absolute atomic E-state index is 0.0150. The molecule has 6 N–H and O–H groups in total. The predicted molar refractivity (Wildman–Crippen MR) is 68.9 cm³/mol. The van der Waals surface area contributed by atoms with Gasteiger partial charge < -0.3 is 21.9 Å². The summed E-state index contributed by atoms with van der Waals surface area (Å²) in [4.78, 5) is 43.8. The monoisotopic (exact) mass is 277 g/mol. The second kappa shape index (κ2) is 6.14. The Kier molecular flexibility index (Phi) is 4.57. The number of nitrogens with one attached hydrogen (secondary N) is 1. The Balaban J connectivity index is 3.05. The van der Waals surface area contributed by atoms with Crippen LogP contribution in [0, 0.1) is 0 Å². The van der Waals surface area contributed by atoms with E-state index in [1.807, 2.05) is 0 Å². The molecule has 0 aliphatic carbocycles. The van der Waals surface area contributed by atoms with Gasteiger partial charge in [0.1, 0.15) is 0 Å². The number of rotatable bonds is 5. The molecule has 0 aromatic heterocycles. The van der Waals surface area contributed by atoms with Crippen molar-refractivity contribution in [3.63, 3.8) is 0 Å². The lowest BCUT2D eigenvalue weighted by atomic mass is 10.1. The summed E-state index contributed by atoms with van der Waals surface area (Å²) in [6.07, 6.45) is 1.42. The van der Waals surface area contributed by atoms with Gasteiger partial charge in [0.15, 0.2) is 0 Å². The van der Waals surface area contributed by atoms with Crippen molar-refractivity contribution >= 4 is 29.4 Å². The summed E-state index contributed by atoms with van der Waals surface area (Å²) in [6.45, 7) is 0. The minimum Gasteiger partial charge on any atom is -0.478 e. The first-order chi connectivity index (χ1) is 9.29. The summed E-state index contributed by atoms with van der Waals surface area (Å²) >= 11 is 0. The van der Waals surface area contributed by atoms with Crippen molar-refractivity contribution < 1.29 is 24.3 Å². The van der Waals surface area contributed by atoms with Crippen LogP contribution in [0.1, 0.15) is 20.7 Å². The molecule has 0 saturated carbocycles. The van der Waals surface area contributed by atoms with Crippen LogP contribution in [0.25, 0.3) is 0 Å². The quantitative estimate of drug-likeness (QED) is 0.532. The lowest BCUT2D eigenvalue weighted by molar-refractivity contribution is -0.131. The number of carbonyl (C=O) groups is 4. The highest BCUT2D eigenvalue weighted by molar-refractivity contribution is 6.05. The van der Waals surface area contributed by atoms with Crippen molar-refractivity contribution in [2.45, 2.75) is 0 Å². The molecule has 1 aromatic rings. The number of aliphatic carboxylic acids is 1. The molecule has 0 unspecified atom stereocenters. The van der Waals surface area contributed by atoms with Gasteiger partial charge in [-0.25, -0.2) is 4.79 Å². The fourth-order valence-corrected chi connectivity index (χ4v) is 1.32. The number of anilines is 1. The number of amides is 3. The Labute approximate surface area is 113 Å². The fourth-order valence-electron chi connectivity index (χ4n) is 1.32. The van der Waals surface area contributed by atoms with Crippen LogP contribution in [0.5, 0.6) is 0 Å². The van der Waals surface area contributed by atoms with Crippen LogP contribution in [0.4, 0.5) is 5.69 Å². The van der Waals surface area contributed by atoms with E-state index < -0.39 is 23.7 Å². The van der Waals surface area contributed by atoms with E-state index in [1.165, 1.54) is 18.2 Å². The molecule has 0 spiro atoms. The number of primary amides is 2. The molecular weight excluding hydrogens is 266 g/mol. The molecule has 8 nitrogen and oxygen atoms in total. The summed E-state index contributed by atoms with van der Waals surface area (Å²) < 4.78 is 0. The smallest absolute Gasteiger partial charge is 0.328 e. The Morgan fingerprint density at radius 1 is 0.950 bits per heavy atom. The van der Waals surface area contributed by atoms with Gasteiger partial charge in [-0.2, -0.15) is 0 Å². The minimum atomic E-state index is -1.29. The van der Waals surface area contributed by atoms with Crippen molar-refractivity contribution in [3.05, 3.63) is 41.5 Å². The highest BCUT2D eigenvalue weighted by Gasteiger charge is 2.10. The van der Waals surface area contributed by atoms with Gasteiger partial charge in [-0.1, -0.05) is 0 Å². The maximum absolute atomic E-state index is 11.4. The third-order valence-electron chi connectivity index (χ3n) is 2.15. The Hall–Kier alpha value is -3.16. The van der Waals surface area contributed by atoms with Crippen LogP contribution in [0.3, 0.4) is 0 Å². The summed E-state index contributed by atoms with van der Waals surface area (Å²) in [5.41, 5.74) is 10.2. The zero-order valence-corrected chi connectivity index (χ0v) is 10.1. The van der Waals surface area contributed by atoms with E-state index in [9.17, 15) is 19.2 Å². The first kappa shape index (κ1) is 14.9. The average molecular weight is 277 g/mol. The SMILES string of the molecule is NC(=O)c1cc(NC(=O)/C=C/C(=O)O)cc(C(N)=O)c1. The molecule has 0 heterocycles. The largest absolute Gasteiger partial charge is 0.478 e. The highest BCUT2D eigenvalue weighted by atomic mass is 16.4. The van der Waals surface area contributed by atoms with Crippen LogP contribution in [0.2, 0.25) is 0 Å². The van der Waals surface area contributed by atoms with Gasteiger partial charge in [0, 0.05) is 29.0 Å². The van der Waals surface area contributed by atoms with E-state index in [0.29, 0.717) is 6.08 Å². The van der Waals surface area contributed by atoms with Crippen LogP contribution in [-0.2, 0) is 9.59 Å². The molecule has 0 atom stereocenters. The zero-order valence-electron chi connectivity index (χ0n) is 10.1. The molecule has 0 aliphatic rings. The number of carboxylic acid groups (broad SMARTS) is 1. The number of hydrogen-bond donors (Lipinski definition) is 4. The third-order valence-corrected chi connectivity index (χ3v) is 2.15. The van der Waals surface area contributed by atoms with E-state index in [-0.39, 0.29) is 16.8 Å². The lowest BCUT2D eigenvalue weighted by Gasteiger charge is -2.06. The Bertz CT molecular complexity index is 589. The van der Waals surface area contributed by atoms with Crippen molar-refractivity contribution in [1.29, 1.82) is 0 Å². The van der Waals surface area contributed by atoms with Crippen molar-refractivity contribution in [1.82, 2.24) is 0 Å². The van der Waals surface area contributed by atoms with E-state index in [1.54, 1.807) is 0 Å². The number of hydrogen-bond acceptors (Lipinski definition) is 4. The molecule has 1 rings (SSSR count). The van der Waals surface area contributed by atoms with Crippen LogP contribution >= 0.6 is 0 Å². The molecule has 0 fully saturated rings. The third kappa shape index (κ3) is 4.26. The second-order valence-electron chi connectivity index (χ2n) is 3.69. The summed E-state index contributed by atoms with van der Waals surface area (Å²) in [7, 11) is 0. The van der Waals surface area contributed by atoms with Gasteiger partial charge in [0.2, 0.25) is 17.7 Å². The second-order valence-corrected chi connectivity index (χ2v) is 3.69. The van der Waals surface area contributed by atoms with Crippen LogP contribution in [0.15, 0.2) is 30.4 Å². The molecule has 1 aromatic carbocycles. The van der Waals surface area contributed by atoms with E-state index >= 15 is 0 Å². The summed E-state index contributed by atoms with van der Waals surface area (Å²) in [5, 5.41) is 10.7. The molecule has 0 bridgehead atoms. The van der Waals surface area contributed by atoms with Gasteiger partial charge in [-0.3, -0.25) is 14.4 Å². The molecule has 3 amide bonds. The highest BCUT2D eigenvalue weighted by Crippen LogP contribution is 2.14. The van der Waals surface area contributed by atoms with Crippen LogP contribution < -0.4 is 16.8 Å². The van der Waals surface area contributed by atoms with E-state index in [4.69, 9.17) is 16.6 Å². The van der Waals surface area contributed by atoms with Gasteiger partial charge in [0.05, 0.1) is 0 Å². The van der Waals surface area contributed by atoms with Gasteiger partial charge >= 0.3 is 5.97 Å². The van der Waals surface area contributed by atoms with Crippen LogP contribution in [-0.4, -0.2) is 28.8 Å². The summed E-state index contributed by atoms with van der Waals surface area (Å²) in [6, 6.07) is 3.66. The molecule has 0 radical (unpaired) electrons. The van der Waals surface area contributed by atoms with Gasteiger partial charge in [0.25, 0.3) is 0 Å². The van der Waals surface area contributed by atoms with Gasteiger partial charge in [-0.05, 0) is 18.2 Å². The molecule has 0 aliphatic heterocycles. The number of benzene rings is 1. The van der Waals surface area contributed by atoms with Crippen molar-refractivity contribution in [2.75, 3.05) is 5.32 Å². The predicted octanol–water partition coefficient (Wildman–Crippen LogP) is -0.536. The van der Waals surface area contributed by atoms with E-state index in [2.05, 4.69) is 5.32 Å². The molecule has 104 valence electrons. The Morgan fingerprint density at radius 3 is 1.85 bits per heavy atom. The molecular formula is C12H11N3O5. The van der Waals surface area contributed by atoms with Gasteiger partial charge in [-0.15, -0.1) is 0 Å². The van der Waals surface area contributed by atoms with E-state index in [0.717, 1.165) is 6.08 Å². The maximum Gasteiger partial charge on any atom is 0.328 e. The number of carbonyl (C=O) groups excluding carboxylic acids is 3. The molecule has 0 saturated heterocycles.